The number of hydrogen-bond donors (Lipinski definition) is 3. The molecule has 0 fully saturated rings. The molecule has 0 aliphatic carbocycles. The molecule has 0 spiro atoms. The SMILES string of the molecule is CCCc1cccc(CCC)c1NC(=O)N=C(N)N. The van der Waals surface area contributed by atoms with E-state index < -0.39 is 6.03 Å². The number of rotatable bonds is 5. The third-order valence-electron chi connectivity index (χ3n) is 2.74. The normalized spacial score (nSPS) is 10.0. The highest BCUT2D eigenvalue weighted by Gasteiger charge is 2.10. The molecule has 0 unspecified atom stereocenters. The smallest absolute Gasteiger partial charge is 0.348 e. The first-order chi connectivity index (χ1) is 9.08. The molecule has 5 N–H and O–H groups in total. The quantitative estimate of drug-likeness (QED) is 0.562. The van der Waals surface area contributed by atoms with Gasteiger partial charge in [0.05, 0.1) is 0 Å². The lowest BCUT2D eigenvalue weighted by Gasteiger charge is -2.14. The Hall–Kier alpha value is -2.04. The van der Waals surface area contributed by atoms with Crippen molar-refractivity contribution in [2.45, 2.75) is 39.5 Å². The highest BCUT2D eigenvalue weighted by atomic mass is 16.2. The fraction of sp³-hybridized carbons (Fsp3) is 0.429. The van der Waals surface area contributed by atoms with E-state index in [0.29, 0.717) is 0 Å². The van der Waals surface area contributed by atoms with Crippen LogP contribution in [0.3, 0.4) is 0 Å². The Morgan fingerprint density at radius 3 is 2.11 bits per heavy atom. The van der Waals surface area contributed by atoms with Crippen LogP contribution in [-0.2, 0) is 12.8 Å². The number of urea groups is 1. The van der Waals surface area contributed by atoms with Gasteiger partial charge in [-0.1, -0.05) is 44.9 Å². The Morgan fingerprint density at radius 2 is 1.68 bits per heavy atom. The molecule has 19 heavy (non-hydrogen) atoms. The number of amides is 2. The summed E-state index contributed by atoms with van der Waals surface area (Å²) in [6, 6.07) is 5.54. The van der Waals surface area contributed by atoms with Crippen LogP contribution in [-0.4, -0.2) is 12.0 Å². The van der Waals surface area contributed by atoms with Crippen molar-refractivity contribution in [3.8, 4) is 0 Å². The third kappa shape index (κ3) is 4.62. The Kier molecular flexibility index (Phi) is 5.85. The maximum atomic E-state index is 11.7. The molecule has 0 aromatic heterocycles. The summed E-state index contributed by atoms with van der Waals surface area (Å²) in [7, 11) is 0. The summed E-state index contributed by atoms with van der Waals surface area (Å²) in [6.45, 7) is 4.21. The van der Waals surface area contributed by atoms with Crippen molar-refractivity contribution in [2.24, 2.45) is 16.5 Å². The van der Waals surface area contributed by atoms with Gasteiger partial charge in [0.1, 0.15) is 0 Å². The fourth-order valence-electron chi connectivity index (χ4n) is 2.02. The van der Waals surface area contributed by atoms with E-state index in [9.17, 15) is 4.79 Å². The Labute approximate surface area is 114 Å². The van der Waals surface area contributed by atoms with Gasteiger partial charge in [0.2, 0.25) is 0 Å². The lowest BCUT2D eigenvalue weighted by atomic mass is 10.0. The second-order valence-electron chi connectivity index (χ2n) is 4.42. The molecule has 1 aromatic carbocycles. The minimum Gasteiger partial charge on any atom is -0.370 e. The monoisotopic (exact) mass is 262 g/mol. The number of benzene rings is 1. The van der Waals surface area contributed by atoms with Crippen LogP contribution in [0.4, 0.5) is 10.5 Å². The minimum absolute atomic E-state index is 0.234. The molecule has 1 rings (SSSR count). The van der Waals surface area contributed by atoms with Gasteiger partial charge in [-0.05, 0) is 24.0 Å². The zero-order chi connectivity index (χ0) is 14.3. The molecule has 0 aliphatic rings. The van der Waals surface area contributed by atoms with Crippen LogP contribution in [0.5, 0.6) is 0 Å². The summed E-state index contributed by atoms with van der Waals surface area (Å²) < 4.78 is 0. The summed E-state index contributed by atoms with van der Waals surface area (Å²) in [4.78, 5) is 15.2. The number of aliphatic imine (C=N–C) groups is 1. The Bertz CT molecular complexity index is 440. The summed E-state index contributed by atoms with van der Waals surface area (Å²) in [5.74, 6) is -0.234. The van der Waals surface area contributed by atoms with Crippen LogP contribution in [0.25, 0.3) is 0 Å². The number of anilines is 1. The van der Waals surface area contributed by atoms with Crippen molar-refractivity contribution in [1.29, 1.82) is 0 Å². The molecule has 0 heterocycles. The minimum atomic E-state index is -0.527. The summed E-state index contributed by atoms with van der Waals surface area (Å²) in [5, 5.41) is 2.79. The van der Waals surface area contributed by atoms with Crippen molar-refractivity contribution in [3.05, 3.63) is 29.3 Å². The molecule has 104 valence electrons. The highest BCUT2D eigenvalue weighted by molar-refractivity contribution is 5.99. The van der Waals surface area contributed by atoms with Crippen LogP contribution in [0.15, 0.2) is 23.2 Å². The van der Waals surface area contributed by atoms with Gasteiger partial charge in [0.25, 0.3) is 0 Å². The van der Waals surface area contributed by atoms with Crippen molar-refractivity contribution < 1.29 is 4.79 Å². The van der Waals surface area contributed by atoms with E-state index in [4.69, 9.17) is 11.5 Å². The first-order valence-electron chi connectivity index (χ1n) is 6.59. The van der Waals surface area contributed by atoms with Crippen molar-refractivity contribution >= 4 is 17.7 Å². The van der Waals surface area contributed by atoms with Gasteiger partial charge in [0.15, 0.2) is 5.96 Å². The summed E-state index contributed by atoms with van der Waals surface area (Å²) in [6.07, 6.45) is 3.85. The van der Waals surface area contributed by atoms with E-state index >= 15 is 0 Å². The molecule has 0 saturated heterocycles. The van der Waals surface area contributed by atoms with E-state index in [1.165, 1.54) is 0 Å². The number of nitrogens with one attached hydrogen (secondary N) is 1. The molecule has 5 heteroatoms. The second kappa shape index (κ2) is 7.41. The van der Waals surface area contributed by atoms with Crippen LogP contribution in [0.2, 0.25) is 0 Å². The van der Waals surface area contributed by atoms with Gasteiger partial charge in [-0.3, -0.25) is 0 Å². The topological polar surface area (TPSA) is 93.5 Å². The largest absolute Gasteiger partial charge is 0.370 e. The number of hydrogen-bond acceptors (Lipinski definition) is 1. The molecule has 0 saturated carbocycles. The maximum Gasteiger partial charge on any atom is 0.348 e. The van der Waals surface area contributed by atoms with Crippen LogP contribution < -0.4 is 16.8 Å². The number of nitrogens with zero attached hydrogens (tertiary/aromatic N) is 1. The van der Waals surface area contributed by atoms with E-state index in [2.05, 4.69) is 24.2 Å². The number of carbonyl (C=O) groups excluding carboxylic acids is 1. The van der Waals surface area contributed by atoms with Gasteiger partial charge < -0.3 is 16.8 Å². The predicted octanol–water partition coefficient (Wildman–Crippen LogP) is 2.40. The number of carbonyl (C=O) groups is 1. The van der Waals surface area contributed by atoms with E-state index in [1.807, 2.05) is 18.2 Å². The van der Waals surface area contributed by atoms with Gasteiger partial charge in [-0.15, -0.1) is 0 Å². The Morgan fingerprint density at radius 1 is 1.16 bits per heavy atom. The summed E-state index contributed by atoms with van der Waals surface area (Å²) >= 11 is 0. The van der Waals surface area contributed by atoms with Gasteiger partial charge in [-0.25, -0.2) is 4.79 Å². The lowest BCUT2D eigenvalue weighted by molar-refractivity contribution is 0.259. The molecule has 0 bridgehead atoms. The first kappa shape index (κ1) is 15.0. The second-order valence-corrected chi connectivity index (χ2v) is 4.42. The van der Waals surface area contributed by atoms with Crippen LogP contribution in [0.1, 0.15) is 37.8 Å². The van der Waals surface area contributed by atoms with Gasteiger partial charge >= 0.3 is 6.03 Å². The zero-order valence-corrected chi connectivity index (χ0v) is 11.6. The van der Waals surface area contributed by atoms with Crippen LogP contribution in [0, 0.1) is 0 Å². The fourth-order valence-corrected chi connectivity index (χ4v) is 2.02. The number of para-hydroxylation sites is 1. The van der Waals surface area contributed by atoms with Crippen molar-refractivity contribution in [1.82, 2.24) is 0 Å². The average Bonchev–Trinajstić information content (AvgIpc) is 2.32. The van der Waals surface area contributed by atoms with Crippen molar-refractivity contribution in [3.63, 3.8) is 0 Å². The molecule has 2 amide bonds. The van der Waals surface area contributed by atoms with E-state index in [-0.39, 0.29) is 5.96 Å². The Balaban J connectivity index is 3.06. The number of guanidine groups is 1. The molecule has 0 aliphatic heterocycles. The average molecular weight is 262 g/mol. The van der Waals surface area contributed by atoms with Crippen molar-refractivity contribution in [2.75, 3.05) is 5.32 Å². The lowest BCUT2D eigenvalue weighted by Crippen LogP contribution is -2.25. The maximum absolute atomic E-state index is 11.7. The van der Waals surface area contributed by atoms with Crippen LogP contribution >= 0.6 is 0 Å². The van der Waals surface area contributed by atoms with Gasteiger partial charge in [-0.2, -0.15) is 4.99 Å². The number of aryl methyl sites for hydroxylation is 2. The summed E-state index contributed by atoms with van der Waals surface area (Å²) in [5.41, 5.74) is 13.5. The molecular formula is C14H22N4O. The predicted molar refractivity (Wildman–Crippen MR) is 79.3 cm³/mol. The molecular weight excluding hydrogens is 240 g/mol. The highest BCUT2D eigenvalue weighted by Crippen LogP contribution is 2.24. The standard InChI is InChI=1S/C14H22N4O/c1-3-6-10-8-5-9-11(7-4-2)12(10)17-14(19)18-13(15)16/h5,8-9H,3-4,6-7H2,1-2H3,(H5,15,16,17,18,19). The zero-order valence-electron chi connectivity index (χ0n) is 11.6. The van der Waals surface area contributed by atoms with E-state index in [0.717, 1.165) is 42.5 Å². The third-order valence-corrected chi connectivity index (χ3v) is 2.74. The van der Waals surface area contributed by atoms with E-state index in [1.54, 1.807) is 0 Å². The number of nitrogens with two attached hydrogens (primary N) is 2. The molecule has 1 aromatic rings. The molecule has 5 nitrogen and oxygen atoms in total. The molecule has 0 radical (unpaired) electrons. The molecule has 0 atom stereocenters. The van der Waals surface area contributed by atoms with Gasteiger partial charge in [0, 0.05) is 5.69 Å². The first-order valence-corrected chi connectivity index (χ1v) is 6.59.